The summed E-state index contributed by atoms with van der Waals surface area (Å²) in [5, 5.41) is 0. The second-order valence-corrected chi connectivity index (χ2v) is 4.63. The number of anilines is 1. The molecule has 0 bridgehead atoms. The van der Waals surface area contributed by atoms with E-state index in [2.05, 4.69) is 4.98 Å². The summed E-state index contributed by atoms with van der Waals surface area (Å²) in [5.74, 6) is -0.429. The summed E-state index contributed by atoms with van der Waals surface area (Å²) >= 11 is 0. The fraction of sp³-hybridized carbons (Fsp3) is 0.417. The number of imidazole rings is 1. The molecule has 1 heterocycles. The summed E-state index contributed by atoms with van der Waals surface area (Å²) < 4.78 is 28.4. The zero-order chi connectivity index (χ0) is 12.0. The largest absolute Gasteiger partial charge is 0.369 e. The first-order chi connectivity index (χ1) is 8.15. The SMILES string of the molecule is Nc1nc2c(F)cc(F)cc2n1CC1CCC1. The predicted octanol–water partition coefficient (Wildman–Crippen LogP) is 2.70. The van der Waals surface area contributed by atoms with Crippen molar-refractivity contribution < 1.29 is 8.78 Å². The van der Waals surface area contributed by atoms with E-state index in [0.717, 1.165) is 18.9 Å². The maximum atomic E-state index is 13.5. The molecule has 0 amide bonds. The van der Waals surface area contributed by atoms with Crippen LogP contribution in [0.3, 0.4) is 0 Å². The highest BCUT2D eigenvalue weighted by Gasteiger charge is 2.21. The van der Waals surface area contributed by atoms with E-state index in [1.54, 1.807) is 4.57 Å². The number of rotatable bonds is 2. The van der Waals surface area contributed by atoms with E-state index in [4.69, 9.17) is 5.73 Å². The van der Waals surface area contributed by atoms with Crippen LogP contribution in [0.25, 0.3) is 11.0 Å². The van der Waals surface area contributed by atoms with Gasteiger partial charge in [-0.15, -0.1) is 0 Å². The fourth-order valence-corrected chi connectivity index (χ4v) is 2.29. The number of hydrogen-bond acceptors (Lipinski definition) is 2. The van der Waals surface area contributed by atoms with E-state index in [1.807, 2.05) is 0 Å². The summed E-state index contributed by atoms with van der Waals surface area (Å²) in [5.41, 5.74) is 6.37. The van der Waals surface area contributed by atoms with Gasteiger partial charge in [-0.2, -0.15) is 0 Å². The van der Waals surface area contributed by atoms with Crippen LogP contribution in [0.15, 0.2) is 12.1 Å². The molecule has 1 saturated carbocycles. The van der Waals surface area contributed by atoms with Crippen LogP contribution in [-0.4, -0.2) is 9.55 Å². The standard InChI is InChI=1S/C12H13F2N3/c13-8-4-9(14)11-10(5-8)17(12(15)16-11)6-7-2-1-3-7/h4-5,7H,1-3,6H2,(H2,15,16). The minimum absolute atomic E-state index is 0.156. The Morgan fingerprint density at radius 3 is 2.76 bits per heavy atom. The number of halogens is 2. The predicted molar refractivity (Wildman–Crippen MR) is 61.4 cm³/mol. The molecule has 0 radical (unpaired) electrons. The minimum atomic E-state index is -0.654. The zero-order valence-electron chi connectivity index (χ0n) is 9.29. The average molecular weight is 237 g/mol. The molecular formula is C12H13F2N3. The number of nitrogen functional groups attached to an aromatic ring is 1. The van der Waals surface area contributed by atoms with Crippen LogP contribution in [0, 0.1) is 17.6 Å². The van der Waals surface area contributed by atoms with Gasteiger partial charge >= 0.3 is 0 Å². The first-order valence-corrected chi connectivity index (χ1v) is 5.76. The number of nitrogens with two attached hydrogens (primary N) is 1. The minimum Gasteiger partial charge on any atom is -0.369 e. The Morgan fingerprint density at radius 1 is 1.35 bits per heavy atom. The number of aromatic nitrogens is 2. The Morgan fingerprint density at radius 2 is 2.12 bits per heavy atom. The topological polar surface area (TPSA) is 43.8 Å². The molecule has 3 nitrogen and oxygen atoms in total. The van der Waals surface area contributed by atoms with Crippen LogP contribution in [0.5, 0.6) is 0 Å². The third-order valence-electron chi connectivity index (χ3n) is 3.47. The zero-order valence-corrected chi connectivity index (χ0v) is 9.29. The average Bonchev–Trinajstić information content (AvgIpc) is 2.49. The first kappa shape index (κ1) is 10.5. The second-order valence-electron chi connectivity index (χ2n) is 4.63. The first-order valence-electron chi connectivity index (χ1n) is 5.76. The van der Waals surface area contributed by atoms with Crippen molar-refractivity contribution in [1.29, 1.82) is 0 Å². The van der Waals surface area contributed by atoms with Gasteiger partial charge in [0, 0.05) is 18.7 Å². The van der Waals surface area contributed by atoms with Crippen LogP contribution >= 0.6 is 0 Å². The van der Waals surface area contributed by atoms with Gasteiger partial charge in [0.2, 0.25) is 5.95 Å². The second kappa shape index (κ2) is 3.68. The van der Waals surface area contributed by atoms with E-state index < -0.39 is 11.6 Å². The number of nitrogens with zero attached hydrogens (tertiary/aromatic N) is 2. The molecule has 1 aromatic heterocycles. The van der Waals surface area contributed by atoms with Gasteiger partial charge in [0.15, 0.2) is 5.82 Å². The van der Waals surface area contributed by atoms with E-state index in [9.17, 15) is 8.78 Å². The monoisotopic (exact) mass is 237 g/mol. The number of hydrogen-bond donors (Lipinski definition) is 1. The van der Waals surface area contributed by atoms with E-state index in [-0.39, 0.29) is 11.5 Å². The van der Waals surface area contributed by atoms with E-state index in [0.29, 0.717) is 18.0 Å². The molecule has 2 N–H and O–H groups in total. The van der Waals surface area contributed by atoms with Crippen molar-refractivity contribution in [3.63, 3.8) is 0 Å². The molecule has 0 spiro atoms. The van der Waals surface area contributed by atoms with Gasteiger partial charge in [-0.05, 0) is 18.8 Å². The molecule has 17 heavy (non-hydrogen) atoms. The molecule has 5 heteroatoms. The van der Waals surface area contributed by atoms with Gasteiger partial charge in [0.05, 0.1) is 5.52 Å². The van der Waals surface area contributed by atoms with Crippen LogP contribution in [0.4, 0.5) is 14.7 Å². The molecule has 0 saturated heterocycles. The maximum absolute atomic E-state index is 13.5. The lowest BCUT2D eigenvalue weighted by molar-refractivity contribution is 0.280. The summed E-state index contributed by atoms with van der Waals surface area (Å²) in [6, 6.07) is 2.13. The highest BCUT2D eigenvalue weighted by molar-refractivity contribution is 5.79. The summed E-state index contributed by atoms with van der Waals surface area (Å²) in [6.45, 7) is 0.700. The van der Waals surface area contributed by atoms with Crippen LogP contribution < -0.4 is 5.73 Å². The molecule has 1 aliphatic carbocycles. The van der Waals surface area contributed by atoms with Crippen molar-refractivity contribution in [2.75, 3.05) is 5.73 Å². The molecule has 3 rings (SSSR count). The summed E-state index contributed by atoms with van der Waals surface area (Å²) in [4.78, 5) is 3.96. The molecule has 0 atom stereocenters. The molecule has 90 valence electrons. The van der Waals surface area contributed by atoms with Crippen LogP contribution in [-0.2, 0) is 6.54 Å². The normalized spacial score (nSPS) is 16.4. The lowest BCUT2D eigenvalue weighted by Crippen LogP contribution is -2.19. The smallest absolute Gasteiger partial charge is 0.201 e. The van der Waals surface area contributed by atoms with Crippen molar-refractivity contribution in [2.45, 2.75) is 25.8 Å². The Kier molecular flexibility index (Phi) is 2.28. The summed E-state index contributed by atoms with van der Waals surface area (Å²) in [6.07, 6.45) is 3.52. The van der Waals surface area contributed by atoms with Gasteiger partial charge in [-0.1, -0.05) is 6.42 Å². The van der Waals surface area contributed by atoms with Gasteiger partial charge in [-0.25, -0.2) is 13.8 Å². The van der Waals surface area contributed by atoms with E-state index >= 15 is 0 Å². The van der Waals surface area contributed by atoms with Gasteiger partial charge in [0.1, 0.15) is 11.3 Å². The Bertz CT molecular complexity index is 573. The Balaban J connectivity index is 2.11. The molecule has 1 aromatic carbocycles. The third kappa shape index (κ3) is 1.66. The van der Waals surface area contributed by atoms with Crippen molar-refractivity contribution in [3.05, 3.63) is 23.8 Å². The molecule has 2 aromatic rings. The lowest BCUT2D eigenvalue weighted by atomic mass is 9.85. The molecule has 0 unspecified atom stereocenters. The fourth-order valence-electron chi connectivity index (χ4n) is 2.29. The molecule has 1 aliphatic rings. The van der Waals surface area contributed by atoms with Crippen molar-refractivity contribution in [2.24, 2.45) is 5.92 Å². The maximum Gasteiger partial charge on any atom is 0.201 e. The van der Waals surface area contributed by atoms with Gasteiger partial charge < -0.3 is 10.3 Å². The van der Waals surface area contributed by atoms with Crippen LogP contribution in [0.2, 0.25) is 0 Å². The highest BCUT2D eigenvalue weighted by Crippen LogP contribution is 2.31. The highest BCUT2D eigenvalue weighted by atomic mass is 19.1. The quantitative estimate of drug-likeness (QED) is 0.872. The Labute approximate surface area is 97.2 Å². The lowest BCUT2D eigenvalue weighted by Gasteiger charge is -2.26. The van der Waals surface area contributed by atoms with Gasteiger partial charge in [0.25, 0.3) is 0 Å². The molecule has 1 fully saturated rings. The third-order valence-corrected chi connectivity index (χ3v) is 3.47. The van der Waals surface area contributed by atoms with Crippen molar-refractivity contribution >= 4 is 17.0 Å². The molecule has 0 aliphatic heterocycles. The van der Waals surface area contributed by atoms with Crippen LogP contribution in [0.1, 0.15) is 19.3 Å². The van der Waals surface area contributed by atoms with Crippen molar-refractivity contribution in [3.8, 4) is 0 Å². The summed E-state index contributed by atoms with van der Waals surface area (Å²) in [7, 11) is 0. The Hall–Kier alpha value is -1.65. The van der Waals surface area contributed by atoms with Gasteiger partial charge in [-0.3, -0.25) is 0 Å². The number of benzene rings is 1. The van der Waals surface area contributed by atoms with Crippen molar-refractivity contribution in [1.82, 2.24) is 9.55 Å². The number of fused-ring (bicyclic) bond motifs is 1. The van der Waals surface area contributed by atoms with E-state index in [1.165, 1.54) is 12.5 Å². The molecular weight excluding hydrogens is 224 g/mol.